The Morgan fingerprint density at radius 2 is 2.03 bits per heavy atom. The van der Waals surface area contributed by atoms with E-state index in [4.69, 9.17) is 9.26 Å². The molecular formula is C22H24N4O3. The Kier molecular flexibility index (Phi) is 4.96. The van der Waals surface area contributed by atoms with Crippen LogP contribution in [-0.2, 0) is 4.79 Å². The van der Waals surface area contributed by atoms with Gasteiger partial charge in [0.05, 0.1) is 12.8 Å². The minimum Gasteiger partial charge on any atom is -0.497 e. The highest BCUT2D eigenvalue weighted by atomic mass is 16.5. The lowest BCUT2D eigenvalue weighted by molar-refractivity contribution is -0.117. The Morgan fingerprint density at radius 3 is 2.79 bits per heavy atom. The van der Waals surface area contributed by atoms with E-state index in [1.165, 1.54) is 0 Å². The second-order valence-electron chi connectivity index (χ2n) is 7.46. The van der Waals surface area contributed by atoms with Gasteiger partial charge in [-0.05, 0) is 36.8 Å². The van der Waals surface area contributed by atoms with E-state index in [1.54, 1.807) is 12.0 Å². The molecule has 0 N–H and O–H groups in total. The zero-order valence-electron chi connectivity index (χ0n) is 17.0. The number of carbonyl (C=O) groups is 1. The third-order valence-corrected chi connectivity index (χ3v) is 5.25. The molecule has 150 valence electrons. The van der Waals surface area contributed by atoms with Crippen molar-refractivity contribution in [2.24, 2.45) is 0 Å². The van der Waals surface area contributed by atoms with Gasteiger partial charge in [0.15, 0.2) is 5.82 Å². The van der Waals surface area contributed by atoms with Crippen LogP contribution in [0.15, 0.2) is 47.0 Å². The van der Waals surface area contributed by atoms with Crippen LogP contribution in [0.2, 0.25) is 0 Å². The predicted molar refractivity (Wildman–Crippen MR) is 112 cm³/mol. The number of rotatable bonds is 5. The Labute approximate surface area is 169 Å². The standard InChI is InChI=1S/C22H24N4O3/c1-14-8-9-18(28-4)12-19(14)26-13-16(11-20(26)27)21-23-22(29-24-21)15-6-5-7-17(10-15)25(2)3/h5-10,12,16H,11,13H2,1-4H3. The number of aryl methyl sites for hydroxylation is 1. The third-order valence-electron chi connectivity index (χ3n) is 5.25. The number of methoxy groups -OCH3 is 1. The second kappa shape index (κ2) is 7.58. The SMILES string of the molecule is COc1ccc(C)c(N2CC(c3noc(-c4cccc(N(C)C)c4)n3)CC2=O)c1. The van der Waals surface area contributed by atoms with E-state index in [9.17, 15) is 4.79 Å². The van der Waals surface area contributed by atoms with Crippen molar-refractivity contribution >= 4 is 17.3 Å². The van der Waals surface area contributed by atoms with Gasteiger partial charge in [0, 0.05) is 50.3 Å². The third kappa shape index (κ3) is 3.68. The van der Waals surface area contributed by atoms with Gasteiger partial charge in [-0.1, -0.05) is 17.3 Å². The molecule has 1 fully saturated rings. The van der Waals surface area contributed by atoms with Crippen LogP contribution in [0.5, 0.6) is 5.75 Å². The molecule has 1 atom stereocenters. The van der Waals surface area contributed by atoms with Crippen molar-refractivity contribution in [1.82, 2.24) is 10.1 Å². The molecule has 1 aliphatic heterocycles. The average molecular weight is 392 g/mol. The van der Waals surface area contributed by atoms with Gasteiger partial charge in [-0.25, -0.2) is 0 Å². The lowest BCUT2D eigenvalue weighted by Crippen LogP contribution is -2.25. The highest BCUT2D eigenvalue weighted by molar-refractivity contribution is 5.97. The topological polar surface area (TPSA) is 71.7 Å². The molecule has 1 unspecified atom stereocenters. The lowest BCUT2D eigenvalue weighted by Gasteiger charge is -2.19. The summed E-state index contributed by atoms with van der Waals surface area (Å²) in [6.45, 7) is 2.50. The molecule has 0 bridgehead atoms. The molecule has 4 rings (SSSR count). The number of amides is 1. The molecule has 7 nitrogen and oxygen atoms in total. The zero-order chi connectivity index (χ0) is 20.5. The number of aromatic nitrogens is 2. The molecule has 7 heteroatoms. The first-order valence-electron chi connectivity index (χ1n) is 9.52. The van der Waals surface area contributed by atoms with E-state index in [0.29, 0.717) is 24.7 Å². The molecule has 3 aromatic rings. The van der Waals surface area contributed by atoms with Gasteiger partial charge in [0.2, 0.25) is 5.91 Å². The van der Waals surface area contributed by atoms with Crippen LogP contribution in [0.4, 0.5) is 11.4 Å². The highest BCUT2D eigenvalue weighted by Gasteiger charge is 2.35. The smallest absolute Gasteiger partial charge is 0.258 e. The molecule has 0 radical (unpaired) electrons. The van der Waals surface area contributed by atoms with Crippen LogP contribution in [0.25, 0.3) is 11.5 Å². The van der Waals surface area contributed by atoms with E-state index < -0.39 is 0 Å². The maximum absolute atomic E-state index is 12.7. The number of ether oxygens (including phenoxy) is 1. The quantitative estimate of drug-likeness (QED) is 0.660. The van der Waals surface area contributed by atoms with Crippen molar-refractivity contribution in [3.63, 3.8) is 0 Å². The van der Waals surface area contributed by atoms with E-state index in [-0.39, 0.29) is 11.8 Å². The minimum atomic E-state index is -0.109. The normalized spacial score (nSPS) is 16.3. The van der Waals surface area contributed by atoms with Crippen LogP contribution in [0, 0.1) is 6.92 Å². The molecule has 2 heterocycles. The summed E-state index contributed by atoms with van der Waals surface area (Å²) >= 11 is 0. The molecule has 0 saturated carbocycles. The number of nitrogens with zero attached hydrogens (tertiary/aromatic N) is 4. The van der Waals surface area contributed by atoms with Gasteiger partial charge in [-0.15, -0.1) is 0 Å². The predicted octanol–water partition coefficient (Wildman–Crippen LogP) is 3.64. The molecule has 1 aliphatic rings. The molecule has 1 aromatic heterocycles. The lowest BCUT2D eigenvalue weighted by atomic mass is 10.1. The Bertz CT molecular complexity index is 1040. The van der Waals surface area contributed by atoms with Crippen molar-refractivity contribution in [3.05, 3.63) is 53.9 Å². The fourth-order valence-corrected chi connectivity index (χ4v) is 3.56. The van der Waals surface area contributed by atoms with Gasteiger partial charge in [-0.2, -0.15) is 4.98 Å². The Hall–Kier alpha value is -3.35. The van der Waals surface area contributed by atoms with Crippen LogP contribution >= 0.6 is 0 Å². The van der Waals surface area contributed by atoms with E-state index >= 15 is 0 Å². The molecule has 0 spiro atoms. The van der Waals surface area contributed by atoms with Crippen LogP contribution < -0.4 is 14.5 Å². The summed E-state index contributed by atoms with van der Waals surface area (Å²) in [5.74, 6) is 1.69. The molecule has 0 aliphatic carbocycles. The van der Waals surface area contributed by atoms with E-state index in [2.05, 4.69) is 10.1 Å². The first-order chi connectivity index (χ1) is 14.0. The summed E-state index contributed by atoms with van der Waals surface area (Å²) in [5, 5.41) is 4.16. The van der Waals surface area contributed by atoms with Crippen LogP contribution in [0.3, 0.4) is 0 Å². The van der Waals surface area contributed by atoms with Crippen molar-refractivity contribution in [2.45, 2.75) is 19.3 Å². The van der Waals surface area contributed by atoms with E-state index in [0.717, 1.165) is 28.3 Å². The van der Waals surface area contributed by atoms with Crippen LogP contribution in [-0.4, -0.2) is 43.8 Å². The monoisotopic (exact) mass is 392 g/mol. The van der Waals surface area contributed by atoms with Gasteiger partial charge in [0.25, 0.3) is 5.89 Å². The largest absolute Gasteiger partial charge is 0.497 e. The van der Waals surface area contributed by atoms with Gasteiger partial charge >= 0.3 is 0 Å². The van der Waals surface area contributed by atoms with Gasteiger partial charge in [-0.3, -0.25) is 4.79 Å². The summed E-state index contributed by atoms with van der Waals surface area (Å²) in [6.07, 6.45) is 0.355. The molecule has 2 aromatic carbocycles. The summed E-state index contributed by atoms with van der Waals surface area (Å²) in [4.78, 5) is 21.1. The number of hydrogen-bond donors (Lipinski definition) is 0. The number of anilines is 2. The summed E-state index contributed by atoms with van der Waals surface area (Å²) in [5.41, 5.74) is 3.80. The van der Waals surface area contributed by atoms with Crippen molar-refractivity contribution in [1.29, 1.82) is 0 Å². The maximum Gasteiger partial charge on any atom is 0.258 e. The number of carbonyl (C=O) groups excluding carboxylic acids is 1. The fourth-order valence-electron chi connectivity index (χ4n) is 3.56. The molecule has 1 amide bonds. The van der Waals surface area contributed by atoms with Crippen molar-refractivity contribution < 1.29 is 14.1 Å². The number of benzene rings is 2. The average Bonchev–Trinajstić information content (AvgIpc) is 3.35. The molecular weight excluding hydrogens is 368 g/mol. The summed E-state index contributed by atoms with van der Waals surface area (Å²) in [7, 11) is 5.59. The second-order valence-corrected chi connectivity index (χ2v) is 7.46. The van der Waals surface area contributed by atoms with Gasteiger partial charge < -0.3 is 19.1 Å². The number of hydrogen-bond acceptors (Lipinski definition) is 6. The Balaban J connectivity index is 1.57. The maximum atomic E-state index is 12.7. The van der Waals surface area contributed by atoms with E-state index in [1.807, 2.05) is 68.4 Å². The zero-order valence-corrected chi connectivity index (χ0v) is 17.0. The Morgan fingerprint density at radius 1 is 1.21 bits per heavy atom. The van der Waals surface area contributed by atoms with Crippen LogP contribution in [0.1, 0.15) is 23.7 Å². The van der Waals surface area contributed by atoms with Crippen molar-refractivity contribution in [3.8, 4) is 17.2 Å². The summed E-state index contributed by atoms with van der Waals surface area (Å²) in [6, 6.07) is 13.7. The molecule has 1 saturated heterocycles. The highest BCUT2D eigenvalue weighted by Crippen LogP contribution is 2.35. The van der Waals surface area contributed by atoms with Crippen molar-refractivity contribution in [2.75, 3.05) is 37.5 Å². The summed E-state index contributed by atoms with van der Waals surface area (Å²) < 4.78 is 10.8. The first kappa shape index (κ1) is 19.0. The fraction of sp³-hybridized carbons (Fsp3) is 0.318. The molecule has 29 heavy (non-hydrogen) atoms. The van der Waals surface area contributed by atoms with Gasteiger partial charge in [0.1, 0.15) is 5.75 Å². The minimum absolute atomic E-state index is 0.0484. The first-order valence-corrected chi connectivity index (χ1v) is 9.52.